The maximum atomic E-state index is 12.6. The zero-order valence-electron chi connectivity index (χ0n) is 15.7. The fourth-order valence-electron chi connectivity index (χ4n) is 3.35. The summed E-state index contributed by atoms with van der Waals surface area (Å²) in [6, 6.07) is 10.3. The number of hydrogen-bond donors (Lipinski definition) is 1. The topological polar surface area (TPSA) is 84.7 Å². The van der Waals surface area contributed by atoms with Gasteiger partial charge < -0.3 is 19.4 Å². The lowest BCUT2D eigenvalue weighted by Crippen LogP contribution is -2.28. The average Bonchev–Trinajstić information content (AvgIpc) is 3.23. The van der Waals surface area contributed by atoms with Gasteiger partial charge in [0.1, 0.15) is 5.52 Å². The first kappa shape index (κ1) is 19.7. The number of nitrogens with zero attached hydrogens (tertiary/aromatic N) is 2. The summed E-state index contributed by atoms with van der Waals surface area (Å²) in [6.45, 7) is 1.80. The number of benzene rings is 2. The molecule has 2 aromatic carbocycles. The van der Waals surface area contributed by atoms with Gasteiger partial charge in [0.2, 0.25) is 11.8 Å². The van der Waals surface area contributed by atoms with Gasteiger partial charge in [-0.25, -0.2) is 4.98 Å². The van der Waals surface area contributed by atoms with Crippen molar-refractivity contribution in [3.8, 4) is 5.75 Å². The first-order valence-corrected chi connectivity index (χ1v) is 9.03. The Kier molecular flexibility index (Phi) is 4.84. The highest BCUT2D eigenvalue weighted by Crippen LogP contribution is 2.32. The Morgan fingerprint density at radius 3 is 2.80 bits per heavy atom. The van der Waals surface area contributed by atoms with E-state index in [1.54, 1.807) is 25.1 Å². The standard InChI is InChI=1S/C20H16F3N3O4/c1-11-24-15-9-13(6-7-16(15)29-11)26-10-12(8-18(26)27)19(28)25-14-4-2-3-5-17(14)30-20(21,22)23/h2-7,9,12H,8,10H2,1H3,(H,25,28)/t12-/m0/s1. The van der Waals surface area contributed by atoms with Crippen molar-refractivity contribution in [1.29, 1.82) is 0 Å². The number of para-hydroxylation sites is 2. The average molecular weight is 419 g/mol. The number of alkyl halides is 3. The highest BCUT2D eigenvalue weighted by molar-refractivity contribution is 6.04. The fourth-order valence-corrected chi connectivity index (χ4v) is 3.35. The number of nitrogens with one attached hydrogen (secondary N) is 1. The molecule has 1 aliphatic rings. The molecule has 1 aliphatic heterocycles. The number of amides is 2. The summed E-state index contributed by atoms with van der Waals surface area (Å²) in [5, 5.41) is 2.43. The van der Waals surface area contributed by atoms with Gasteiger partial charge in [-0.1, -0.05) is 12.1 Å². The van der Waals surface area contributed by atoms with Crippen LogP contribution in [0.15, 0.2) is 46.9 Å². The molecule has 30 heavy (non-hydrogen) atoms. The van der Waals surface area contributed by atoms with Crippen molar-refractivity contribution in [2.75, 3.05) is 16.8 Å². The summed E-state index contributed by atoms with van der Waals surface area (Å²) in [7, 11) is 0. The second-order valence-corrected chi connectivity index (χ2v) is 6.82. The second kappa shape index (κ2) is 7.36. The van der Waals surface area contributed by atoms with Gasteiger partial charge in [0, 0.05) is 25.6 Å². The Balaban J connectivity index is 1.49. The van der Waals surface area contributed by atoms with Crippen LogP contribution in [0.25, 0.3) is 11.1 Å². The Morgan fingerprint density at radius 1 is 1.27 bits per heavy atom. The molecule has 0 aliphatic carbocycles. The molecule has 2 amide bonds. The predicted octanol–water partition coefficient (Wildman–Crippen LogP) is 4.03. The molecule has 0 unspecified atom stereocenters. The lowest BCUT2D eigenvalue weighted by molar-refractivity contribution is -0.274. The highest BCUT2D eigenvalue weighted by Gasteiger charge is 2.36. The summed E-state index contributed by atoms with van der Waals surface area (Å²) >= 11 is 0. The number of aromatic nitrogens is 1. The van der Waals surface area contributed by atoms with Crippen molar-refractivity contribution in [2.24, 2.45) is 5.92 Å². The van der Waals surface area contributed by atoms with E-state index in [0.717, 1.165) is 6.07 Å². The molecule has 0 spiro atoms. The Labute approximate surface area is 168 Å². The van der Waals surface area contributed by atoms with Crippen LogP contribution in [0.2, 0.25) is 0 Å². The molecule has 1 atom stereocenters. The number of carbonyl (C=O) groups is 2. The molecule has 10 heteroatoms. The van der Waals surface area contributed by atoms with Crippen molar-refractivity contribution >= 4 is 34.3 Å². The Morgan fingerprint density at radius 2 is 2.03 bits per heavy atom. The van der Waals surface area contributed by atoms with Gasteiger partial charge in [0.25, 0.3) is 0 Å². The number of fused-ring (bicyclic) bond motifs is 1. The van der Waals surface area contributed by atoms with Crippen LogP contribution in [-0.2, 0) is 9.59 Å². The van der Waals surface area contributed by atoms with Gasteiger partial charge in [-0.2, -0.15) is 0 Å². The van der Waals surface area contributed by atoms with Crippen molar-refractivity contribution in [3.63, 3.8) is 0 Å². The quantitative estimate of drug-likeness (QED) is 0.690. The lowest BCUT2D eigenvalue weighted by atomic mass is 10.1. The van der Waals surface area contributed by atoms with E-state index in [2.05, 4.69) is 15.0 Å². The highest BCUT2D eigenvalue weighted by atomic mass is 19.4. The van der Waals surface area contributed by atoms with Gasteiger partial charge in [-0.15, -0.1) is 13.2 Å². The van der Waals surface area contributed by atoms with Crippen LogP contribution in [0.4, 0.5) is 24.5 Å². The van der Waals surface area contributed by atoms with Crippen LogP contribution in [0, 0.1) is 12.8 Å². The zero-order valence-corrected chi connectivity index (χ0v) is 15.7. The normalized spacial score (nSPS) is 16.9. The van der Waals surface area contributed by atoms with Crippen LogP contribution < -0.4 is 15.0 Å². The Bertz CT molecular complexity index is 1130. The minimum absolute atomic E-state index is 0.0655. The largest absolute Gasteiger partial charge is 0.573 e. The summed E-state index contributed by atoms with van der Waals surface area (Å²) in [5.74, 6) is -1.60. The molecule has 1 fully saturated rings. The number of anilines is 2. The van der Waals surface area contributed by atoms with E-state index in [9.17, 15) is 22.8 Å². The number of hydrogen-bond acceptors (Lipinski definition) is 5. The zero-order chi connectivity index (χ0) is 21.5. The maximum Gasteiger partial charge on any atom is 0.573 e. The molecule has 1 N–H and O–H groups in total. The maximum absolute atomic E-state index is 12.6. The van der Waals surface area contributed by atoms with Crippen LogP contribution in [-0.4, -0.2) is 29.7 Å². The van der Waals surface area contributed by atoms with Crippen LogP contribution >= 0.6 is 0 Å². The van der Waals surface area contributed by atoms with Gasteiger partial charge in [-0.3, -0.25) is 9.59 Å². The molecule has 0 radical (unpaired) electrons. The van der Waals surface area contributed by atoms with E-state index in [0.29, 0.717) is 22.7 Å². The lowest BCUT2D eigenvalue weighted by Gasteiger charge is -2.17. The number of oxazole rings is 1. The SMILES string of the molecule is Cc1nc2cc(N3C[C@@H](C(=O)Nc4ccccc4OC(F)(F)F)CC3=O)ccc2o1. The third kappa shape index (κ3) is 4.07. The van der Waals surface area contributed by atoms with E-state index in [4.69, 9.17) is 4.42 Å². The summed E-state index contributed by atoms with van der Waals surface area (Å²) in [4.78, 5) is 30.8. The number of aryl methyl sites for hydroxylation is 1. The molecule has 2 heterocycles. The number of halogens is 3. The minimum Gasteiger partial charge on any atom is -0.441 e. The molecule has 156 valence electrons. The number of carbonyl (C=O) groups excluding carboxylic acids is 2. The van der Waals surface area contributed by atoms with Gasteiger partial charge in [0.05, 0.1) is 11.6 Å². The summed E-state index contributed by atoms with van der Waals surface area (Å²) in [5.41, 5.74) is 1.62. The molecule has 4 rings (SSSR count). The molecule has 0 bridgehead atoms. The first-order chi connectivity index (χ1) is 14.2. The third-order valence-electron chi connectivity index (χ3n) is 4.66. The van der Waals surface area contributed by atoms with E-state index in [-0.39, 0.29) is 24.6 Å². The molecule has 1 aromatic heterocycles. The fraction of sp³-hybridized carbons (Fsp3) is 0.250. The Hall–Kier alpha value is -3.56. The third-order valence-corrected chi connectivity index (χ3v) is 4.66. The van der Waals surface area contributed by atoms with Crippen LogP contribution in [0.5, 0.6) is 5.75 Å². The van der Waals surface area contributed by atoms with Crippen molar-refractivity contribution in [3.05, 3.63) is 48.4 Å². The summed E-state index contributed by atoms with van der Waals surface area (Å²) < 4.78 is 47.0. The van der Waals surface area contributed by atoms with Crippen molar-refractivity contribution in [2.45, 2.75) is 19.7 Å². The summed E-state index contributed by atoms with van der Waals surface area (Å²) in [6.07, 6.45) is -4.96. The molecular formula is C20H16F3N3O4. The molecule has 0 saturated carbocycles. The predicted molar refractivity (Wildman–Crippen MR) is 101 cm³/mol. The number of rotatable bonds is 4. The minimum atomic E-state index is -4.89. The smallest absolute Gasteiger partial charge is 0.441 e. The first-order valence-electron chi connectivity index (χ1n) is 9.03. The molecular weight excluding hydrogens is 403 g/mol. The molecule has 1 saturated heterocycles. The van der Waals surface area contributed by atoms with E-state index >= 15 is 0 Å². The van der Waals surface area contributed by atoms with E-state index in [1.165, 1.54) is 23.1 Å². The van der Waals surface area contributed by atoms with Gasteiger partial charge in [-0.05, 0) is 30.3 Å². The van der Waals surface area contributed by atoms with Crippen molar-refractivity contribution in [1.82, 2.24) is 4.98 Å². The van der Waals surface area contributed by atoms with Crippen LogP contribution in [0.1, 0.15) is 12.3 Å². The van der Waals surface area contributed by atoms with Gasteiger partial charge >= 0.3 is 6.36 Å². The van der Waals surface area contributed by atoms with Crippen LogP contribution in [0.3, 0.4) is 0 Å². The van der Waals surface area contributed by atoms with Gasteiger partial charge in [0.15, 0.2) is 17.2 Å². The number of ether oxygens (including phenoxy) is 1. The van der Waals surface area contributed by atoms with E-state index in [1.807, 2.05) is 0 Å². The second-order valence-electron chi connectivity index (χ2n) is 6.82. The monoisotopic (exact) mass is 419 g/mol. The molecule has 7 nitrogen and oxygen atoms in total. The molecule has 3 aromatic rings. The van der Waals surface area contributed by atoms with Crippen molar-refractivity contribution < 1.29 is 31.9 Å². The van der Waals surface area contributed by atoms with E-state index < -0.39 is 23.9 Å².